The van der Waals surface area contributed by atoms with Crippen LogP contribution < -0.4 is 5.32 Å². The van der Waals surface area contributed by atoms with E-state index in [9.17, 15) is 5.11 Å². The van der Waals surface area contributed by atoms with Crippen LogP contribution in [-0.2, 0) is 0 Å². The largest absolute Gasteiger partial charge is 0.387 e. The van der Waals surface area contributed by atoms with E-state index in [1.807, 2.05) is 18.2 Å². The molecule has 1 aliphatic heterocycles. The van der Waals surface area contributed by atoms with Crippen LogP contribution in [0.5, 0.6) is 0 Å². The number of aliphatic hydroxyl groups excluding tert-OH is 1. The van der Waals surface area contributed by atoms with E-state index >= 15 is 0 Å². The van der Waals surface area contributed by atoms with Crippen molar-refractivity contribution in [2.24, 2.45) is 0 Å². The lowest BCUT2D eigenvalue weighted by molar-refractivity contribution is 0.137. The first kappa shape index (κ1) is 11.1. The maximum absolute atomic E-state index is 10.2. The molecule has 1 aromatic rings. The lowest BCUT2D eigenvalue weighted by Crippen LogP contribution is -2.28. The molecule has 3 heteroatoms. The fourth-order valence-corrected chi connectivity index (χ4v) is 2.80. The summed E-state index contributed by atoms with van der Waals surface area (Å²) in [4.78, 5) is 0. The van der Waals surface area contributed by atoms with Crippen LogP contribution in [0.4, 0.5) is 0 Å². The maximum atomic E-state index is 10.2. The molecule has 2 N–H and O–H groups in total. The molecule has 0 spiro atoms. The van der Waals surface area contributed by atoms with Gasteiger partial charge in [0.2, 0.25) is 0 Å². The summed E-state index contributed by atoms with van der Waals surface area (Å²) in [5.74, 6) is 0. The number of hydrogen-bond donors (Lipinski definition) is 2. The normalized spacial score (nSPS) is 23.0. The first-order valence-corrected chi connectivity index (χ1v) is 6.15. The van der Waals surface area contributed by atoms with Crippen molar-refractivity contribution in [2.75, 3.05) is 6.54 Å². The molecule has 2 unspecified atom stereocenters. The van der Waals surface area contributed by atoms with E-state index in [1.165, 1.54) is 5.56 Å². The number of nitrogens with one attached hydrogen (secondary N) is 1. The fraction of sp³-hybridized carbons (Fsp3) is 0.500. The third-order valence-corrected chi connectivity index (χ3v) is 3.64. The van der Waals surface area contributed by atoms with Crippen LogP contribution in [0.3, 0.4) is 0 Å². The summed E-state index contributed by atoms with van der Waals surface area (Å²) in [6, 6.07) is 6.31. The molecule has 0 saturated carbocycles. The van der Waals surface area contributed by atoms with Gasteiger partial charge in [-0.2, -0.15) is 0 Å². The van der Waals surface area contributed by atoms with Gasteiger partial charge in [-0.25, -0.2) is 0 Å². The molecule has 1 heterocycles. The molecule has 0 aliphatic carbocycles. The smallest absolute Gasteiger partial charge is 0.0953 e. The molecular formula is C12H16BrNO. The van der Waals surface area contributed by atoms with Gasteiger partial charge in [-0.15, -0.1) is 0 Å². The molecule has 1 aromatic carbocycles. The zero-order valence-corrected chi connectivity index (χ0v) is 10.4. The molecule has 2 nitrogen and oxygen atoms in total. The van der Waals surface area contributed by atoms with Crippen LogP contribution in [0.1, 0.15) is 30.1 Å². The molecule has 1 fully saturated rings. The van der Waals surface area contributed by atoms with Crippen LogP contribution >= 0.6 is 15.9 Å². The van der Waals surface area contributed by atoms with Gasteiger partial charge < -0.3 is 10.4 Å². The van der Waals surface area contributed by atoms with E-state index < -0.39 is 6.10 Å². The van der Waals surface area contributed by atoms with Crippen LogP contribution in [0.2, 0.25) is 0 Å². The molecule has 2 rings (SSSR count). The minimum Gasteiger partial charge on any atom is -0.387 e. The van der Waals surface area contributed by atoms with Crippen molar-refractivity contribution in [3.63, 3.8) is 0 Å². The molecule has 0 amide bonds. The zero-order valence-electron chi connectivity index (χ0n) is 8.83. The lowest BCUT2D eigenvalue weighted by atomic mass is 10.0. The molecule has 0 radical (unpaired) electrons. The molecular weight excluding hydrogens is 254 g/mol. The van der Waals surface area contributed by atoms with Gasteiger partial charge >= 0.3 is 0 Å². The van der Waals surface area contributed by atoms with Crippen molar-refractivity contribution >= 4 is 15.9 Å². The summed E-state index contributed by atoms with van der Waals surface area (Å²) in [5.41, 5.74) is 2.19. The molecule has 82 valence electrons. The molecule has 15 heavy (non-hydrogen) atoms. The monoisotopic (exact) mass is 269 g/mol. The Labute approximate surface area is 98.8 Å². The van der Waals surface area contributed by atoms with Crippen LogP contribution in [0.25, 0.3) is 0 Å². The van der Waals surface area contributed by atoms with E-state index in [2.05, 4.69) is 28.2 Å². The Kier molecular flexibility index (Phi) is 3.44. The highest BCUT2D eigenvalue weighted by atomic mass is 79.9. The standard InChI is InChI=1S/C12H16BrNO/c1-8-4-5-9(10(13)7-8)12(15)11-3-2-6-14-11/h4-5,7,11-12,14-15H,2-3,6H2,1H3. The average molecular weight is 270 g/mol. The topological polar surface area (TPSA) is 32.3 Å². The molecule has 0 bridgehead atoms. The quantitative estimate of drug-likeness (QED) is 0.865. The van der Waals surface area contributed by atoms with Crippen molar-refractivity contribution in [3.05, 3.63) is 33.8 Å². The predicted octanol–water partition coefficient (Wildman–Crippen LogP) is 2.54. The van der Waals surface area contributed by atoms with Crippen molar-refractivity contribution in [2.45, 2.75) is 31.9 Å². The zero-order chi connectivity index (χ0) is 10.8. The van der Waals surface area contributed by atoms with Gasteiger partial charge in [-0.05, 0) is 43.5 Å². The number of benzene rings is 1. The number of aliphatic hydroxyl groups is 1. The Morgan fingerprint density at radius 2 is 2.33 bits per heavy atom. The number of aryl methyl sites for hydroxylation is 1. The molecule has 1 aliphatic rings. The van der Waals surface area contributed by atoms with E-state index in [0.717, 1.165) is 29.4 Å². The van der Waals surface area contributed by atoms with Gasteiger partial charge in [0.15, 0.2) is 0 Å². The summed E-state index contributed by atoms with van der Waals surface area (Å²) in [7, 11) is 0. The van der Waals surface area contributed by atoms with Crippen LogP contribution in [0.15, 0.2) is 22.7 Å². The van der Waals surface area contributed by atoms with E-state index in [-0.39, 0.29) is 6.04 Å². The third kappa shape index (κ3) is 2.41. The van der Waals surface area contributed by atoms with Gasteiger partial charge in [0.1, 0.15) is 0 Å². The highest BCUT2D eigenvalue weighted by Crippen LogP contribution is 2.29. The second-order valence-corrected chi connectivity index (χ2v) is 5.03. The Morgan fingerprint density at radius 3 is 2.93 bits per heavy atom. The summed E-state index contributed by atoms with van der Waals surface area (Å²) < 4.78 is 1.00. The maximum Gasteiger partial charge on any atom is 0.0953 e. The van der Waals surface area contributed by atoms with Crippen LogP contribution in [0, 0.1) is 6.92 Å². The van der Waals surface area contributed by atoms with Crippen molar-refractivity contribution in [1.82, 2.24) is 5.32 Å². The minimum absolute atomic E-state index is 0.212. The number of rotatable bonds is 2. The molecule has 0 aromatic heterocycles. The SMILES string of the molecule is Cc1ccc(C(O)C2CCCN2)c(Br)c1. The second-order valence-electron chi connectivity index (χ2n) is 4.17. The highest BCUT2D eigenvalue weighted by molar-refractivity contribution is 9.10. The summed E-state index contributed by atoms with van der Waals surface area (Å²) in [6.45, 7) is 3.07. The third-order valence-electron chi connectivity index (χ3n) is 2.95. The first-order valence-electron chi connectivity index (χ1n) is 5.36. The van der Waals surface area contributed by atoms with Crippen LogP contribution in [-0.4, -0.2) is 17.7 Å². The summed E-state index contributed by atoms with van der Waals surface area (Å²) in [5, 5.41) is 13.5. The van der Waals surface area contributed by atoms with E-state index in [4.69, 9.17) is 0 Å². The Morgan fingerprint density at radius 1 is 1.53 bits per heavy atom. The predicted molar refractivity (Wildman–Crippen MR) is 64.9 cm³/mol. The second kappa shape index (κ2) is 4.64. The minimum atomic E-state index is -0.400. The van der Waals surface area contributed by atoms with Crippen molar-refractivity contribution < 1.29 is 5.11 Å². The first-order chi connectivity index (χ1) is 7.18. The highest BCUT2D eigenvalue weighted by Gasteiger charge is 2.25. The van der Waals surface area contributed by atoms with Gasteiger partial charge in [0.25, 0.3) is 0 Å². The van der Waals surface area contributed by atoms with E-state index in [0.29, 0.717) is 0 Å². The van der Waals surface area contributed by atoms with Gasteiger partial charge in [-0.1, -0.05) is 28.1 Å². The van der Waals surface area contributed by atoms with Gasteiger partial charge in [0.05, 0.1) is 6.10 Å². The van der Waals surface area contributed by atoms with Gasteiger partial charge in [0, 0.05) is 10.5 Å². The number of halogens is 1. The van der Waals surface area contributed by atoms with Crippen molar-refractivity contribution in [1.29, 1.82) is 0 Å². The summed E-state index contributed by atoms with van der Waals surface area (Å²) >= 11 is 3.51. The number of hydrogen-bond acceptors (Lipinski definition) is 2. The summed E-state index contributed by atoms with van der Waals surface area (Å²) in [6.07, 6.45) is 1.81. The Balaban J connectivity index is 2.20. The Hall–Kier alpha value is -0.380. The molecule has 1 saturated heterocycles. The lowest BCUT2D eigenvalue weighted by Gasteiger charge is -2.20. The molecule has 2 atom stereocenters. The van der Waals surface area contributed by atoms with E-state index in [1.54, 1.807) is 0 Å². The average Bonchev–Trinajstić information content (AvgIpc) is 2.69. The Bertz CT molecular complexity index is 347. The van der Waals surface area contributed by atoms with Crippen molar-refractivity contribution in [3.8, 4) is 0 Å². The van der Waals surface area contributed by atoms with Gasteiger partial charge in [-0.3, -0.25) is 0 Å². The fourth-order valence-electron chi connectivity index (χ4n) is 2.07.